The topological polar surface area (TPSA) is 71.4 Å². The van der Waals surface area contributed by atoms with Gasteiger partial charge in [-0.2, -0.15) is 9.28 Å². The van der Waals surface area contributed by atoms with Crippen molar-refractivity contribution < 1.29 is 24.0 Å². The maximum Gasteiger partial charge on any atom is 0.521 e. The van der Waals surface area contributed by atoms with Crippen LogP contribution in [0, 0.1) is 17.8 Å². The average Bonchev–Trinajstić information content (AvgIpc) is 2.90. The van der Waals surface area contributed by atoms with E-state index in [1.54, 1.807) is 6.92 Å². The van der Waals surface area contributed by atoms with Crippen LogP contribution in [0.2, 0.25) is 0 Å². The normalized spacial score (nSPS) is 31.6. The van der Waals surface area contributed by atoms with E-state index in [0.29, 0.717) is 24.1 Å². The molecule has 1 aliphatic carbocycles. The highest BCUT2D eigenvalue weighted by Crippen LogP contribution is 2.39. The lowest BCUT2D eigenvalue weighted by molar-refractivity contribution is -0.795. The second-order valence-electron chi connectivity index (χ2n) is 8.07. The maximum atomic E-state index is 13.0. The molecule has 1 N–H and O–H groups in total. The summed E-state index contributed by atoms with van der Waals surface area (Å²) in [6.45, 7) is 5.54. The predicted octanol–water partition coefficient (Wildman–Crippen LogP) is 4.30. The number of likely N-dealkylation sites (tertiary alicyclic amines) is 1. The van der Waals surface area contributed by atoms with Gasteiger partial charge in [-0.15, -0.1) is 0 Å². The highest BCUT2D eigenvalue weighted by atomic mass is 32.2. The fourth-order valence-electron chi connectivity index (χ4n) is 4.76. The lowest BCUT2D eigenvalue weighted by atomic mass is 9.82. The van der Waals surface area contributed by atoms with Gasteiger partial charge in [-0.3, -0.25) is 4.79 Å². The van der Waals surface area contributed by atoms with Gasteiger partial charge in [-0.05, 0) is 26.2 Å². The van der Waals surface area contributed by atoms with Gasteiger partial charge in [0.15, 0.2) is 5.12 Å². The van der Waals surface area contributed by atoms with Crippen LogP contribution in [0.4, 0.5) is 4.79 Å². The van der Waals surface area contributed by atoms with E-state index in [4.69, 9.17) is 0 Å². The quantitative estimate of drug-likeness (QED) is 0.731. The first-order valence-electron chi connectivity index (χ1n) is 9.56. The average molecular weight is 371 g/mol. The molecule has 142 valence electrons. The van der Waals surface area contributed by atoms with Gasteiger partial charge in [-0.1, -0.05) is 43.9 Å². The lowest BCUT2D eigenvalue weighted by Crippen LogP contribution is -2.60. The summed E-state index contributed by atoms with van der Waals surface area (Å²) < 4.78 is -0.447. The molecule has 6 heteroatoms. The number of hydrogen-bond donors (Lipinski definition) is 1. The molecule has 4 atom stereocenters. The first kappa shape index (κ1) is 20.4. The molecular weight excluding hydrogens is 338 g/mol. The number of imide groups is 1. The van der Waals surface area contributed by atoms with Crippen LogP contribution in [0.3, 0.4) is 0 Å². The molecule has 2 aliphatic rings. The Kier molecular flexibility index (Phi) is 7.09. The number of quaternary nitrogens is 1. The molecule has 0 aromatic heterocycles. The molecule has 1 heterocycles. The Labute approximate surface area is 155 Å². The van der Waals surface area contributed by atoms with Crippen LogP contribution in [0.15, 0.2) is 0 Å². The van der Waals surface area contributed by atoms with Crippen molar-refractivity contribution in [3.63, 3.8) is 0 Å². The Hall–Kier alpha value is -0.880. The summed E-state index contributed by atoms with van der Waals surface area (Å²) in [6, 6.07) is -0.191. The van der Waals surface area contributed by atoms with Crippen LogP contribution >= 0.6 is 11.8 Å². The standard InChI is InChI=1S/C19H31NO4S/c1-13(12-25-15(3)21)18(22)20(19(23)24)11-17(9-14(20)2)10-16-7-5-4-6-8-16/h13-14,16-17H,4-12H2,1-3H3/p+1/t13?,14?,17-,20+/m1/s1. The highest BCUT2D eigenvalue weighted by Gasteiger charge is 2.57. The van der Waals surface area contributed by atoms with E-state index in [1.165, 1.54) is 39.0 Å². The molecule has 0 aromatic carbocycles. The molecular formula is C19H32NO4S+. The smallest absolute Gasteiger partial charge is 0.435 e. The Morgan fingerprint density at radius 2 is 1.80 bits per heavy atom. The molecule has 0 spiro atoms. The zero-order valence-electron chi connectivity index (χ0n) is 15.7. The molecule has 2 unspecified atom stereocenters. The van der Waals surface area contributed by atoms with Gasteiger partial charge in [0.2, 0.25) is 0 Å². The SMILES string of the molecule is CC(=O)SCC(C)C(=O)[N@+]1(C(=O)O)C[C@@H](CC2CCCCC2)CC1C. The van der Waals surface area contributed by atoms with Crippen LogP contribution in [-0.2, 0) is 9.59 Å². The van der Waals surface area contributed by atoms with Gasteiger partial charge in [-0.25, -0.2) is 4.79 Å². The van der Waals surface area contributed by atoms with Crippen molar-refractivity contribution in [1.29, 1.82) is 0 Å². The molecule has 0 aromatic rings. The molecule has 1 saturated carbocycles. The zero-order chi connectivity index (χ0) is 18.6. The summed E-state index contributed by atoms with van der Waals surface area (Å²) in [5, 5.41) is 9.90. The van der Waals surface area contributed by atoms with E-state index in [-0.39, 0.29) is 17.1 Å². The van der Waals surface area contributed by atoms with Crippen LogP contribution in [0.5, 0.6) is 0 Å². The minimum Gasteiger partial charge on any atom is -0.435 e. The second-order valence-corrected chi connectivity index (χ2v) is 9.26. The van der Waals surface area contributed by atoms with Crippen LogP contribution in [0.1, 0.15) is 65.7 Å². The molecule has 0 bridgehead atoms. The second kappa shape index (κ2) is 8.67. The van der Waals surface area contributed by atoms with Gasteiger partial charge < -0.3 is 5.11 Å². The number of amides is 2. The Morgan fingerprint density at radius 1 is 1.16 bits per heavy atom. The third kappa shape index (κ3) is 4.64. The summed E-state index contributed by atoms with van der Waals surface area (Å²) in [6.07, 6.45) is 7.21. The fraction of sp³-hybridized carbons (Fsp3) is 0.842. The van der Waals surface area contributed by atoms with Crippen molar-refractivity contribution in [1.82, 2.24) is 0 Å². The third-order valence-electron chi connectivity index (χ3n) is 6.06. The van der Waals surface area contributed by atoms with E-state index in [0.717, 1.165) is 24.6 Å². The number of carboxylic acid groups (broad SMARTS) is 1. The molecule has 2 rings (SSSR count). The summed E-state index contributed by atoms with van der Waals surface area (Å²) >= 11 is 1.10. The lowest BCUT2D eigenvalue weighted by Gasteiger charge is -2.32. The van der Waals surface area contributed by atoms with Gasteiger partial charge in [0.1, 0.15) is 6.04 Å². The fourth-order valence-corrected chi connectivity index (χ4v) is 5.39. The van der Waals surface area contributed by atoms with E-state index in [9.17, 15) is 19.5 Å². The van der Waals surface area contributed by atoms with Crippen molar-refractivity contribution in [2.24, 2.45) is 17.8 Å². The van der Waals surface area contributed by atoms with Gasteiger partial charge in [0.05, 0.1) is 12.5 Å². The molecule has 1 aliphatic heterocycles. The first-order chi connectivity index (χ1) is 11.8. The zero-order valence-corrected chi connectivity index (χ0v) is 16.5. The minimum atomic E-state index is -1.02. The molecule has 1 saturated heterocycles. The summed E-state index contributed by atoms with van der Waals surface area (Å²) in [4.78, 5) is 36.3. The molecule has 0 radical (unpaired) electrons. The van der Waals surface area contributed by atoms with Gasteiger partial charge >= 0.3 is 12.0 Å². The molecule has 25 heavy (non-hydrogen) atoms. The number of rotatable bonds is 5. The molecule has 2 fully saturated rings. The van der Waals surface area contributed by atoms with E-state index < -0.39 is 16.5 Å². The Morgan fingerprint density at radius 3 is 2.36 bits per heavy atom. The van der Waals surface area contributed by atoms with E-state index in [1.807, 2.05) is 6.92 Å². The number of carbonyl (C=O) groups excluding carboxylic acids is 2. The number of hydrogen-bond acceptors (Lipinski definition) is 4. The number of thioether (sulfide) groups is 1. The van der Waals surface area contributed by atoms with Crippen molar-refractivity contribution in [3.05, 3.63) is 0 Å². The van der Waals surface area contributed by atoms with Gasteiger partial charge in [0, 0.05) is 25.0 Å². The van der Waals surface area contributed by atoms with Crippen molar-refractivity contribution >= 4 is 28.9 Å². The maximum absolute atomic E-state index is 13.0. The number of carbonyl (C=O) groups is 3. The predicted molar refractivity (Wildman–Crippen MR) is 99.2 cm³/mol. The van der Waals surface area contributed by atoms with Crippen LogP contribution in [0.25, 0.3) is 0 Å². The highest BCUT2D eigenvalue weighted by molar-refractivity contribution is 8.13. The number of nitrogens with zero attached hydrogens (tertiary/aromatic N) is 1. The summed E-state index contributed by atoms with van der Waals surface area (Å²) in [5.74, 6) is 0.702. The monoisotopic (exact) mass is 370 g/mol. The minimum absolute atomic E-state index is 0.0360. The van der Waals surface area contributed by atoms with E-state index in [2.05, 4.69) is 0 Å². The van der Waals surface area contributed by atoms with Crippen LogP contribution in [-0.4, -0.2) is 45.0 Å². The third-order valence-corrected chi connectivity index (χ3v) is 7.13. The first-order valence-corrected chi connectivity index (χ1v) is 10.5. The van der Waals surface area contributed by atoms with Crippen LogP contribution < -0.4 is 0 Å². The molecule has 5 nitrogen and oxygen atoms in total. The van der Waals surface area contributed by atoms with Crippen molar-refractivity contribution in [3.8, 4) is 0 Å². The van der Waals surface area contributed by atoms with Crippen molar-refractivity contribution in [2.75, 3.05) is 12.3 Å². The Balaban J connectivity index is 2.08. The molecule has 2 amide bonds. The van der Waals surface area contributed by atoms with E-state index >= 15 is 0 Å². The summed E-state index contributed by atoms with van der Waals surface area (Å²) in [7, 11) is 0. The summed E-state index contributed by atoms with van der Waals surface area (Å²) in [5.41, 5.74) is 0. The Bertz CT molecular complexity index is 518. The largest absolute Gasteiger partial charge is 0.521 e. The van der Waals surface area contributed by atoms with Crippen molar-refractivity contribution in [2.45, 2.75) is 71.8 Å². The van der Waals surface area contributed by atoms with Gasteiger partial charge in [0.25, 0.3) is 0 Å².